The van der Waals surface area contributed by atoms with Crippen LogP contribution in [0.3, 0.4) is 0 Å². The molecule has 0 spiro atoms. The predicted octanol–water partition coefficient (Wildman–Crippen LogP) is 2.34. The molecule has 4 nitrogen and oxygen atoms in total. The molecule has 0 heterocycles. The van der Waals surface area contributed by atoms with Crippen molar-refractivity contribution in [3.63, 3.8) is 0 Å². The molecule has 0 aliphatic heterocycles. The highest BCUT2D eigenvalue weighted by molar-refractivity contribution is 6.60. The van der Waals surface area contributed by atoms with E-state index in [1.54, 1.807) is 0 Å². The number of hydrogen-bond acceptors (Lipinski definition) is 4. The molecule has 0 saturated carbocycles. The molecule has 0 rings (SSSR count). The van der Waals surface area contributed by atoms with Gasteiger partial charge in [0.15, 0.2) is 0 Å². The van der Waals surface area contributed by atoms with Gasteiger partial charge in [-0.25, -0.2) is 0 Å². The summed E-state index contributed by atoms with van der Waals surface area (Å²) in [6, 6.07) is 0. The third kappa shape index (κ3) is 9.29. The maximum atomic E-state index is 5.55. The van der Waals surface area contributed by atoms with Gasteiger partial charge in [-0.1, -0.05) is 26.7 Å². The highest BCUT2D eigenvalue weighted by Crippen LogP contribution is 2.07. The zero-order valence-electron chi connectivity index (χ0n) is 11.5. The molecule has 100 valence electrons. The lowest BCUT2D eigenvalue weighted by atomic mass is 10.4. The fourth-order valence-electron chi connectivity index (χ4n) is 0.962. The molecule has 0 aromatic rings. The average Bonchev–Trinajstić information content (AvgIpc) is 2.30. The molecule has 0 unspecified atom stereocenters. The molecule has 0 aliphatic carbocycles. The molecule has 2 N–H and O–H groups in total. The second-order valence-corrected chi connectivity index (χ2v) is 5.83. The highest BCUT2D eigenvalue weighted by atomic mass is 28.4. The Balaban J connectivity index is 0. The van der Waals surface area contributed by atoms with E-state index in [4.69, 9.17) is 19.0 Å². The molecule has 0 amide bonds. The van der Waals surface area contributed by atoms with Crippen molar-refractivity contribution in [2.75, 3.05) is 26.0 Å². The number of nitrogens with two attached hydrogens (primary N) is 1. The molecule has 0 aliphatic rings. The monoisotopic (exact) mass is 251 g/mol. The van der Waals surface area contributed by atoms with E-state index in [9.17, 15) is 0 Å². The van der Waals surface area contributed by atoms with E-state index < -0.39 is 8.80 Å². The third-order valence-corrected chi connectivity index (χ3v) is 4.53. The van der Waals surface area contributed by atoms with Crippen LogP contribution in [0.4, 0.5) is 0 Å². The molecule has 0 aromatic carbocycles. The van der Waals surface area contributed by atoms with E-state index in [0.29, 0.717) is 26.0 Å². The van der Waals surface area contributed by atoms with Gasteiger partial charge in [0.05, 0.1) is 6.17 Å². The first-order chi connectivity index (χ1) is 7.66. The van der Waals surface area contributed by atoms with Gasteiger partial charge in [0.25, 0.3) is 0 Å². The van der Waals surface area contributed by atoms with Crippen molar-refractivity contribution in [2.24, 2.45) is 5.73 Å². The smallest absolute Gasteiger partial charge is 0.373 e. The maximum Gasteiger partial charge on any atom is 0.515 e. The third-order valence-electron chi connectivity index (χ3n) is 1.84. The van der Waals surface area contributed by atoms with E-state index in [-0.39, 0.29) is 0 Å². The van der Waals surface area contributed by atoms with Crippen LogP contribution in [-0.4, -0.2) is 34.8 Å². The van der Waals surface area contributed by atoms with Crippen LogP contribution < -0.4 is 5.73 Å². The Morgan fingerprint density at radius 2 is 1.06 bits per heavy atom. The molecule has 0 fully saturated rings. The van der Waals surface area contributed by atoms with Gasteiger partial charge in [-0.3, -0.25) is 0 Å². The van der Waals surface area contributed by atoms with Crippen LogP contribution in [0.25, 0.3) is 0 Å². The van der Waals surface area contributed by atoms with Gasteiger partial charge in [0.1, 0.15) is 0 Å². The summed E-state index contributed by atoms with van der Waals surface area (Å²) in [7, 11) is -2.49. The van der Waals surface area contributed by atoms with Crippen molar-refractivity contribution in [3.05, 3.63) is 0 Å². The van der Waals surface area contributed by atoms with Crippen LogP contribution in [-0.2, 0) is 13.3 Å². The highest BCUT2D eigenvalue weighted by Gasteiger charge is 2.38. The van der Waals surface area contributed by atoms with Crippen molar-refractivity contribution in [2.45, 2.75) is 47.5 Å². The van der Waals surface area contributed by atoms with Gasteiger partial charge in [0, 0.05) is 19.8 Å². The Morgan fingerprint density at radius 1 is 0.750 bits per heavy atom. The van der Waals surface area contributed by atoms with E-state index >= 15 is 0 Å². The molecule has 0 atom stereocenters. The summed E-state index contributed by atoms with van der Waals surface area (Å²) in [5.74, 6) is 0. The molecular formula is C11H29NO3Si. The summed E-state index contributed by atoms with van der Waals surface area (Å²) < 4.78 is 16.3. The largest absolute Gasteiger partial charge is 0.515 e. The summed E-state index contributed by atoms with van der Waals surface area (Å²) in [4.78, 5) is 0. The van der Waals surface area contributed by atoms with Gasteiger partial charge in [-0.05, 0) is 20.8 Å². The Hall–Kier alpha value is 0.0569. The normalized spacial score (nSPS) is 10.9. The SMILES string of the molecule is CCCC.CCO[Si](CN)(OCC)OCC. The Bertz CT molecular complexity index is 117. The van der Waals surface area contributed by atoms with Gasteiger partial charge >= 0.3 is 8.80 Å². The van der Waals surface area contributed by atoms with Crippen molar-refractivity contribution in [3.8, 4) is 0 Å². The van der Waals surface area contributed by atoms with E-state index in [1.807, 2.05) is 20.8 Å². The number of rotatable bonds is 8. The first-order valence-corrected chi connectivity index (χ1v) is 8.21. The summed E-state index contributed by atoms with van der Waals surface area (Å²) in [5.41, 5.74) is 5.55. The molecule has 0 saturated heterocycles. The number of unbranched alkanes of at least 4 members (excludes halogenated alkanes) is 1. The van der Waals surface area contributed by atoms with Crippen molar-refractivity contribution >= 4 is 8.80 Å². The average molecular weight is 251 g/mol. The Morgan fingerprint density at radius 3 is 1.19 bits per heavy atom. The second-order valence-electron chi connectivity index (χ2n) is 3.19. The lowest BCUT2D eigenvalue weighted by molar-refractivity contribution is 0.0728. The lowest BCUT2D eigenvalue weighted by Crippen LogP contribution is -2.52. The maximum absolute atomic E-state index is 5.55. The minimum Gasteiger partial charge on any atom is -0.373 e. The predicted molar refractivity (Wildman–Crippen MR) is 70.3 cm³/mol. The van der Waals surface area contributed by atoms with Crippen molar-refractivity contribution < 1.29 is 13.3 Å². The summed E-state index contributed by atoms with van der Waals surface area (Å²) >= 11 is 0. The van der Waals surface area contributed by atoms with Gasteiger partial charge < -0.3 is 19.0 Å². The first kappa shape index (κ1) is 18.4. The molecular weight excluding hydrogens is 222 g/mol. The minimum absolute atomic E-state index is 0.350. The summed E-state index contributed by atoms with van der Waals surface area (Å²) in [5, 5.41) is 0. The minimum atomic E-state index is -2.49. The van der Waals surface area contributed by atoms with Crippen LogP contribution in [0.2, 0.25) is 0 Å². The Labute approximate surface area is 102 Å². The number of hydrogen-bond donors (Lipinski definition) is 1. The molecule has 16 heavy (non-hydrogen) atoms. The quantitative estimate of drug-likeness (QED) is 0.673. The zero-order valence-corrected chi connectivity index (χ0v) is 12.5. The fourth-order valence-corrected chi connectivity index (χ4v) is 2.88. The van der Waals surface area contributed by atoms with Crippen molar-refractivity contribution in [1.29, 1.82) is 0 Å². The van der Waals surface area contributed by atoms with Crippen molar-refractivity contribution in [1.82, 2.24) is 0 Å². The first-order valence-electron chi connectivity index (χ1n) is 6.28. The van der Waals surface area contributed by atoms with Crippen LogP contribution in [0.15, 0.2) is 0 Å². The summed E-state index contributed by atoms with van der Waals surface area (Å²) in [6.07, 6.45) is 2.99. The zero-order chi connectivity index (χ0) is 12.9. The summed E-state index contributed by atoms with van der Waals surface area (Å²) in [6.45, 7) is 11.9. The fraction of sp³-hybridized carbons (Fsp3) is 1.00. The topological polar surface area (TPSA) is 53.7 Å². The second kappa shape index (κ2) is 13.1. The van der Waals surface area contributed by atoms with E-state index in [1.165, 1.54) is 12.8 Å². The molecule has 0 radical (unpaired) electrons. The van der Waals surface area contributed by atoms with Crippen LogP contribution >= 0.6 is 0 Å². The lowest BCUT2D eigenvalue weighted by Gasteiger charge is -2.26. The van der Waals surface area contributed by atoms with Gasteiger partial charge in [0.2, 0.25) is 0 Å². The Kier molecular flexibility index (Phi) is 15.1. The van der Waals surface area contributed by atoms with Gasteiger partial charge in [-0.15, -0.1) is 0 Å². The molecule has 0 aromatic heterocycles. The molecule has 0 bridgehead atoms. The van der Waals surface area contributed by atoms with Crippen LogP contribution in [0.1, 0.15) is 47.5 Å². The van der Waals surface area contributed by atoms with E-state index in [0.717, 1.165) is 0 Å². The molecule has 5 heteroatoms. The standard InChI is InChI=1S/C7H19NO3Si.C4H10/c1-4-9-12(7-8,10-5-2)11-6-3;1-3-4-2/h4-8H2,1-3H3;3-4H2,1-2H3. The van der Waals surface area contributed by atoms with Crippen LogP contribution in [0, 0.1) is 0 Å². The van der Waals surface area contributed by atoms with E-state index in [2.05, 4.69) is 13.8 Å². The van der Waals surface area contributed by atoms with Gasteiger partial charge in [-0.2, -0.15) is 0 Å². The van der Waals surface area contributed by atoms with Crippen LogP contribution in [0.5, 0.6) is 0 Å².